The molecule has 0 atom stereocenters. The predicted molar refractivity (Wildman–Crippen MR) is 119 cm³/mol. The van der Waals surface area contributed by atoms with Gasteiger partial charge >= 0.3 is 5.97 Å². The molecule has 0 saturated heterocycles. The molecule has 0 radical (unpaired) electrons. The fourth-order valence-corrected chi connectivity index (χ4v) is 4.63. The van der Waals surface area contributed by atoms with Gasteiger partial charge in [-0.25, -0.2) is 4.79 Å². The lowest BCUT2D eigenvalue weighted by Crippen LogP contribution is -2.32. The number of nitrogens with one attached hydrogen (secondary N) is 2. The largest absolute Gasteiger partial charge is 0.462 e. The molecule has 0 saturated carbocycles. The number of benzene rings is 1. The number of carbonyl (C=O) groups is 2. The molecule has 2 N–H and O–H groups in total. The van der Waals surface area contributed by atoms with E-state index in [9.17, 15) is 9.59 Å². The van der Waals surface area contributed by atoms with E-state index in [0.29, 0.717) is 30.2 Å². The van der Waals surface area contributed by atoms with E-state index in [0.717, 1.165) is 29.8 Å². The molecule has 3 rings (SSSR count). The molecule has 162 valence electrons. The lowest BCUT2D eigenvalue weighted by Gasteiger charge is -2.30. The number of esters is 1. The first-order valence-corrected chi connectivity index (χ1v) is 11.2. The molecule has 0 unspecified atom stereocenters. The standard InChI is InChI=1S/C23H30N2O4S/c1-4-28-22(27)20-17-13-23(2,3)29-15-18(17)30-21(20)25-19(26)14-24-12-8-11-16-9-6-5-7-10-16/h5-7,9-10,24H,4,8,11-15H2,1-3H3,(H,25,26). The molecule has 0 spiro atoms. The summed E-state index contributed by atoms with van der Waals surface area (Å²) >= 11 is 1.40. The Hall–Kier alpha value is -2.22. The van der Waals surface area contributed by atoms with E-state index in [-0.39, 0.29) is 24.0 Å². The molecule has 2 heterocycles. The van der Waals surface area contributed by atoms with Crippen molar-refractivity contribution in [3.8, 4) is 0 Å². The van der Waals surface area contributed by atoms with Crippen LogP contribution in [0.1, 0.15) is 53.6 Å². The number of anilines is 1. The molecule has 1 aliphatic heterocycles. The monoisotopic (exact) mass is 430 g/mol. The number of hydrogen-bond donors (Lipinski definition) is 2. The van der Waals surface area contributed by atoms with Gasteiger partial charge in [0.1, 0.15) is 5.00 Å². The summed E-state index contributed by atoms with van der Waals surface area (Å²) in [7, 11) is 0. The summed E-state index contributed by atoms with van der Waals surface area (Å²) in [6, 6.07) is 10.3. The first-order valence-electron chi connectivity index (χ1n) is 10.4. The summed E-state index contributed by atoms with van der Waals surface area (Å²) in [5.74, 6) is -0.558. The highest BCUT2D eigenvalue weighted by Gasteiger charge is 2.34. The number of carbonyl (C=O) groups excluding carboxylic acids is 2. The zero-order valence-corrected chi connectivity index (χ0v) is 18.7. The van der Waals surface area contributed by atoms with Crippen LogP contribution >= 0.6 is 11.3 Å². The van der Waals surface area contributed by atoms with Gasteiger partial charge in [0, 0.05) is 11.3 Å². The molecule has 0 aliphatic carbocycles. The average molecular weight is 431 g/mol. The number of hydrogen-bond acceptors (Lipinski definition) is 6. The third kappa shape index (κ3) is 5.90. The highest BCUT2D eigenvalue weighted by atomic mass is 32.1. The van der Waals surface area contributed by atoms with Gasteiger partial charge in [-0.15, -0.1) is 11.3 Å². The van der Waals surface area contributed by atoms with Crippen LogP contribution in [-0.4, -0.2) is 37.2 Å². The van der Waals surface area contributed by atoms with Crippen LogP contribution in [0.15, 0.2) is 30.3 Å². The van der Waals surface area contributed by atoms with Gasteiger partial charge in [-0.1, -0.05) is 30.3 Å². The van der Waals surface area contributed by atoms with E-state index in [4.69, 9.17) is 9.47 Å². The number of rotatable bonds is 9. The van der Waals surface area contributed by atoms with Crippen LogP contribution < -0.4 is 10.6 Å². The Balaban J connectivity index is 1.57. The Kier molecular flexibility index (Phi) is 7.64. The van der Waals surface area contributed by atoms with E-state index in [2.05, 4.69) is 22.8 Å². The number of thiophene rings is 1. The van der Waals surface area contributed by atoms with Crippen molar-refractivity contribution in [2.45, 2.75) is 52.2 Å². The molecule has 1 amide bonds. The zero-order chi connectivity index (χ0) is 21.6. The Morgan fingerprint density at radius 1 is 1.23 bits per heavy atom. The maximum absolute atomic E-state index is 12.6. The lowest BCUT2D eigenvalue weighted by atomic mass is 9.93. The van der Waals surface area contributed by atoms with Crippen molar-refractivity contribution in [3.63, 3.8) is 0 Å². The Labute approximate surface area is 182 Å². The number of aryl methyl sites for hydroxylation is 1. The van der Waals surface area contributed by atoms with E-state index in [1.54, 1.807) is 6.92 Å². The van der Waals surface area contributed by atoms with Crippen molar-refractivity contribution in [2.75, 3.05) is 25.0 Å². The molecular weight excluding hydrogens is 400 g/mol. The molecule has 2 aromatic rings. The zero-order valence-electron chi connectivity index (χ0n) is 17.9. The minimum Gasteiger partial charge on any atom is -0.462 e. The third-order valence-electron chi connectivity index (χ3n) is 4.97. The first kappa shape index (κ1) is 22.5. The van der Waals surface area contributed by atoms with Crippen LogP contribution in [0.5, 0.6) is 0 Å². The van der Waals surface area contributed by atoms with Gasteiger partial charge in [0.25, 0.3) is 0 Å². The van der Waals surface area contributed by atoms with Gasteiger partial charge < -0.3 is 20.1 Å². The van der Waals surface area contributed by atoms with Crippen LogP contribution in [0.4, 0.5) is 5.00 Å². The van der Waals surface area contributed by atoms with Crippen molar-refractivity contribution in [1.82, 2.24) is 5.32 Å². The van der Waals surface area contributed by atoms with Crippen molar-refractivity contribution in [3.05, 3.63) is 51.9 Å². The molecule has 30 heavy (non-hydrogen) atoms. The number of ether oxygens (including phenoxy) is 2. The van der Waals surface area contributed by atoms with E-state index in [1.165, 1.54) is 16.9 Å². The van der Waals surface area contributed by atoms with E-state index < -0.39 is 0 Å². The van der Waals surface area contributed by atoms with Crippen molar-refractivity contribution in [1.29, 1.82) is 0 Å². The molecule has 7 heteroatoms. The van der Waals surface area contributed by atoms with E-state index >= 15 is 0 Å². The Morgan fingerprint density at radius 3 is 2.73 bits per heavy atom. The van der Waals surface area contributed by atoms with Gasteiger partial charge in [-0.2, -0.15) is 0 Å². The molecule has 1 aliphatic rings. The van der Waals surface area contributed by atoms with Crippen molar-refractivity contribution >= 4 is 28.2 Å². The van der Waals surface area contributed by atoms with Gasteiger partial charge in [-0.3, -0.25) is 4.79 Å². The SMILES string of the molecule is CCOC(=O)c1c(NC(=O)CNCCCc2ccccc2)sc2c1CC(C)(C)OC2. The second kappa shape index (κ2) is 10.2. The fourth-order valence-electron chi connectivity index (χ4n) is 3.50. The van der Waals surface area contributed by atoms with Crippen molar-refractivity contribution in [2.24, 2.45) is 0 Å². The predicted octanol–water partition coefficient (Wildman–Crippen LogP) is 3.94. The van der Waals surface area contributed by atoms with Crippen molar-refractivity contribution < 1.29 is 19.1 Å². The highest BCUT2D eigenvalue weighted by molar-refractivity contribution is 7.17. The van der Waals surface area contributed by atoms with Crippen LogP contribution in [0.25, 0.3) is 0 Å². The van der Waals surface area contributed by atoms with Crippen LogP contribution in [0.3, 0.4) is 0 Å². The number of fused-ring (bicyclic) bond motifs is 1. The molecule has 0 bridgehead atoms. The molecule has 1 aromatic carbocycles. The van der Waals surface area contributed by atoms with Gasteiger partial charge in [0.15, 0.2) is 0 Å². The quantitative estimate of drug-likeness (QED) is 0.466. The Morgan fingerprint density at radius 2 is 2.00 bits per heavy atom. The molecule has 6 nitrogen and oxygen atoms in total. The average Bonchev–Trinajstić information content (AvgIpc) is 3.04. The summed E-state index contributed by atoms with van der Waals surface area (Å²) in [4.78, 5) is 26.0. The van der Waals surface area contributed by atoms with Gasteiger partial charge in [-0.05, 0) is 51.3 Å². The topological polar surface area (TPSA) is 76.7 Å². The smallest absolute Gasteiger partial charge is 0.341 e. The second-order valence-electron chi connectivity index (χ2n) is 7.97. The highest BCUT2D eigenvalue weighted by Crippen LogP contribution is 2.40. The number of amides is 1. The second-order valence-corrected chi connectivity index (χ2v) is 9.07. The summed E-state index contributed by atoms with van der Waals surface area (Å²) in [6.07, 6.45) is 2.53. The van der Waals surface area contributed by atoms with Gasteiger partial charge in [0.05, 0.1) is 30.9 Å². The third-order valence-corrected chi connectivity index (χ3v) is 6.09. The normalized spacial score (nSPS) is 14.8. The molecule has 1 aromatic heterocycles. The summed E-state index contributed by atoms with van der Waals surface area (Å²) in [6.45, 7) is 7.45. The maximum atomic E-state index is 12.6. The van der Waals surface area contributed by atoms with Crippen LogP contribution in [-0.2, 0) is 33.7 Å². The summed E-state index contributed by atoms with van der Waals surface area (Å²) in [5.41, 5.74) is 2.35. The molecule has 0 fully saturated rings. The van der Waals surface area contributed by atoms with Crippen LogP contribution in [0.2, 0.25) is 0 Å². The summed E-state index contributed by atoms with van der Waals surface area (Å²) in [5, 5.41) is 6.63. The minimum atomic E-state index is -0.390. The van der Waals surface area contributed by atoms with E-state index in [1.807, 2.05) is 32.0 Å². The minimum absolute atomic E-state index is 0.168. The maximum Gasteiger partial charge on any atom is 0.341 e. The summed E-state index contributed by atoms with van der Waals surface area (Å²) < 4.78 is 11.1. The molecular formula is C23H30N2O4S. The fraction of sp³-hybridized carbons (Fsp3) is 0.478. The Bertz CT molecular complexity index is 877. The lowest BCUT2D eigenvalue weighted by molar-refractivity contribution is -0.115. The van der Waals surface area contributed by atoms with Crippen LogP contribution in [0, 0.1) is 0 Å². The first-order chi connectivity index (χ1) is 14.4. The van der Waals surface area contributed by atoms with Gasteiger partial charge in [0.2, 0.25) is 5.91 Å².